The summed E-state index contributed by atoms with van der Waals surface area (Å²) >= 11 is 1.46. The number of thiazole rings is 1. The molecule has 0 aliphatic carbocycles. The van der Waals surface area contributed by atoms with Gasteiger partial charge in [0.15, 0.2) is 5.13 Å². The van der Waals surface area contributed by atoms with E-state index >= 15 is 0 Å². The molecule has 6 nitrogen and oxygen atoms in total. The summed E-state index contributed by atoms with van der Waals surface area (Å²) in [6.07, 6.45) is 0. The summed E-state index contributed by atoms with van der Waals surface area (Å²) in [5, 5.41) is 2.66. The number of para-hydroxylation sites is 2. The molecule has 0 fully saturated rings. The number of anilines is 2. The maximum absolute atomic E-state index is 12.4. The van der Waals surface area contributed by atoms with Crippen LogP contribution in [0.25, 0.3) is 0 Å². The number of carbonyl (C=O) groups excluding carboxylic acids is 1. The molecule has 0 spiro atoms. The number of hydrogen-bond acceptors (Lipinski definition) is 5. The number of nitrogens with zero attached hydrogens (tertiary/aromatic N) is 2. The highest BCUT2D eigenvalue weighted by Gasteiger charge is 2.21. The molecule has 3 rings (SSSR count). The molecule has 152 valence electrons. The van der Waals surface area contributed by atoms with Crippen molar-refractivity contribution >= 4 is 28.1 Å². The zero-order valence-corrected chi connectivity index (χ0v) is 18.0. The smallest absolute Gasteiger partial charge is 0.230 e. The first-order valence-corrected chi connectivity index (χ1v) is 10.2. The van der Waals surface area contributed by atoms with Gasteiger partial charge in [0, 0.05) is 17.9 Å². The van der Waals surface area contributed by atoms with Crippen molar-refractivity contribution in [2.24, 2.45) is 0 Å². The van der Waals surface area contributed by atoms with Gasteiger partial charge in [-0.2, -0.15) is 0 Å². The summed E-state index contributed by atoms with van der Waals surface area (Å²) in [5.74, 6) is 1.40. The Kier molecular flexibility index (Phi) is 6.85. The third kappa shape index (κ3) is 5.13. The zero-order valence-electron chi connectivity index (χ0n) is 17.1. The lowest BCUT2D eigenvalue weighted by Crippen LogP contribution is -3.06. The van der Waals surface area contributed by atoms with E-state index in [0.29, 0.717) is 16.6 Å². The van der Waals surface area contributed by atoms with E-state index < -0.39 is 0 Å². The number of aromatic nitrogens is 1. The van der Waals surface area contributed by atoms with Crippen LogP contribution in [0.4, 0.5) is 10.8 Å². The van der Waals surface area contributed by atoms with Crippen molar-refractivity contribution in [2.45, 2.75) is 20.0 Å². The fourth-order valence-corrected chi connectivity index (χ4v) is 4.05. The topological polar surface area (TPSA) is 56.1 Å². The SMILES string of the molecule is COc1ccc(C[NH+](C)Cc2csc(N(C(C)=O)c3ccccc3OC)n2)cc1. The van der Waals surface area contributed by atoms with Gasteiger partial charge in [-0.25, -0.2) is 4.98 Å². The van der Waals surface area contributed by atoms with Crippen molar-refractivity contribution in [1.29, 1.82) is 0 Å². The second-order valence-corrected chi connectivity index (χ2v) is 7.64. The molecule has 0 aliphatic heterocycles. The minimum Gasteiger partial charge on any atom is -0.497 e. The van der Waals surface area contributed by atoms with Gasteiger partial charge in [0.2, 0.25) is 5.91 Å². The number of amides is 1. The monoisotopic (exact) mass is 412 g/mol. The second-order valence-electron chi connectivity index (χ2n) is 6.81. The predicted molar refractivity (Wildman–Crippen MR) is 115 cm³/mol. The largest absolute Gasteiger partial charge is 0.497 e. The van der Waals surface area contributed by atoms with E-state index in [2.05, 4.69) is 19.2 Å². The van der Waals surface area contributed by atoms with Crippen LogP contribution in [-0.2, 0) is 17.9 Å². The van der Waals surface area contributed by atoms with Crippen molar-refractivity contribution in [2.75, 3.05) is 26.2 Å². The minimum absolute atomic E-state index is 0.102. The standard InChI is InChI=1S/C22H25N3O3S/c1-16(26)25(20-7-5-6-8-21(20)28-4)22-23-18(15-29-22)14-24(2)13-17-9-11-19(27-3)12-10-17/h5-12,15H,13-14H2,1-4H3/p+1. The predicted octanol–water partition coefficient (Wildman–Crippen LogP) is 3.06. The molecule has 0 saturated carbocycles. The molecule has 0 bridgehead atoms. The van der Waals surface area contributed by atoms with E-state index in [4.69, 9.17) is 14.5 Å². The third-order valence-electron chi connectivity index (χ3n) is 4.52. The number of methoxy groups -OCH3 is 2. The van der Waals surface area contributed by atoms with Crippen LogP contribution < -0.4 is 19.3 Å². The minimum atomic E-state index is -0.102. The Bertz CT molecular complexity index is 956. The van der Waals surface area contributed by atoms with E-state index in [9.17, 15) is 4.79 Å². The van der Waals surface area contributed by atoms with Gasteiger partial charge in [0.25, 0.3) is 0 Å². The van der Waals surface area contributed by atoms with E-state index in [1.807, 2.05) is 41.8 Å². The van der Waals surface area contributed by atoms with Crippen molar-refractivity contribution in [3.8, 4) is 11.5 Å². The fraction of sp³-hybridized carbons (Fsp3) is 0.273. The molecule has 1 N–H and O–H groups in total. The highest BCUT2D eigenvalue weighted by atomic mass is 32.1. The maximum atomic E-state index is 12.4. The van der Waals surface area contributed by atoms with Gasteiger partial charge in [0.05, 0.1) is 27.0 Å². The number of quaternary nitrogens is 1. The Balaban J connectivity index is 1.73. The average molecular weight is 413 g/mol. The quantitative estimate of drug-likeness (QED) is 0.618. The highest BCUT2D eigenvalue weighted by Crippen LogP contribution is 2.35. The van der Waals surface area contributed by atoms with Crippen LogP contribution in [0.5, 0.6) is 11.5 Å². The molecule has 1 unspecified atom stereocenters. The molecule has 2 aromatic carbocycles. The number of nitrogens with one attached hydrogen (secondary N) is 1. The lowest BCUT2D eigenvalue weighted by atomic mass is 10.2. The summed E-state index contributed by atoms with van der Waals surface area (Å²) in [6.45, 7) is 3.18. The Morgan fingerprint density at radius 3 is 2.45 bits per heavy atom. The van der Waals surface area contributed by atoms with Gasteiger partial charge in [-0.3, -0.25) is 9.69 Å². The highest BCUT2D eigenvalue weighted by molar-refractivity contribution is 7.14. The molecule has 29 heavy (non-hydrogen) atoms. The van der Waals surface area contributed by atoms with Crippen LogP contribution in [0.1, 0.15) is 18.2 Å². The van der Waals surface area contributed by atoms with Crippen LogP contribution >= 0.6 is 11.3 Å². The third-order valence-corrected chi connectivity index (χ3v) is 5.39. The molecule has 1 atom stereocenters. The van der Waals surface area contributed by atoms with Gasteiger partial charge < -0.3 is 14.4 Å². The van der Waals surface area contributed by atoms with Gasteiger partial charge in [0.1, 0.15) is 30.3 Å². The van der Waals surface area contributed by atoms with Crippen LogP contribution in [0.2, 0.25) is 0 Å². The molecular formula is C22H26N3O3S+. The number of hydrogen-bond donors (Lipinski definition) is 1. The summed E-state index contributed by atoms with van der Waals surface area (Å²) in [5.41, 5.74) is 2.89. The van der Waals surface area contributed by atoms with Gasteiger partial charge in [-0.1, -0.05) is 12.1 Å². The number of carbonyl (C=O) groups is 1. The van der Waals surface area contributed by atoms with E-state index in [-0.39, 0.29) is 5.91 Å². The molecule has 1 aromatic heterocycles. The Morgan fingerprint density at radius 1 is 1.07 bits per heavy atom. The van der Waals surface area contributed by atoms with Crippen molar-refractivity contribution in [3.63, 3.8) is 0 Å². The molecule has 1 heterocycles. The van der Waals surface area contributed by atoms with E-state index in [1.54, 1.807) is 19.1 Å². The summed E-state index contributed by atoms with van der Waals surface area (Å²) in [4.78, 5) is 20.0. The number of benzene rings is 2. The normalized spacial score (nSPS) is 11.7. The van der Waals surface area contributed by atoms with Gasteiger partial charge in [-0.05, 0) is 36.4 Å². The molecule has 0 radical (unpaired) electrons. The van der Waals surface area contributed by atoms with E-state index in [0.717, 1.165) is 24.5 Å². The molecule has 1 amide bonds. The van der Waals surface area contributed by atoms with Crippen LogP contribution in [0.3, 0.4) is 0 Å². The first-order valence-electron chi connectivity index (χ1n) is 9.34. The molecule has 0 aliphatic rings. The van der Waals surface area contributed by atoms with Crippen LogP contribution in [0.15, 0.2) is 53.9 Å². The van der Waals surface area contributed by atoms with Crippen molar-refractivity contribution in [1.82, 2.24) is 4.98 Å². The van der Waals surface area contributed by atoms with Crippen molar-refractivity contribution < 1.29 is 19.2 Å². The number of ether oxygens (including phenoxy) is 2. The Hall–Kier alpha value is -2.90. The number of rotatable bonds is 8. The Labute approximate surface area is 175 Å². The average Bonchev–Trinajstić information content (AvgIpc) is 3.16. The van der Waals surface area contributed by atoms with Crippen LogP contribution in [-0.4, -0.2) is 32.2 Å². The first kappa shape index (κ1) is 20.8. The second kappa shape index (κ2) is 9.54. The summed E-state index contributed by atoms with van der Waals surface area (Å²) in [7, 11) is 5.40. The molecule has 0 saturated heterocycles. The Morgan fingerprint density at radius 2 is 1.79 bits per heavy atom. The molecule has 3 aromatic rings. The summed E-state index contributed by atoms with van der Waals surface area (Å²) in [6, 6.07) is 15.6. The van der Waals surface area contributed by atoms with Crippen LogP contribution in [0, 0.1) is 0 Å². The zero-order chi connectivity index (χ0) is 20.8. The summed E-state index contributed by atoms with van der Waals surface area (Å²) < 4.78 is 10.6. The van der Waals surface area contributed by atoms with Crippen molar-refractivity contribution in [3.05, 3.63) is 65.2 Å². The lowest BCUT2D eigenvalue weighted by Gasteiger charge is -2.20. The van der Waals surface area contributed by atoms with Gasteiger partial charge in [-0.15, -0.1) is 11.3 Å². The molecular weight excluding hydrogens is 386 g/mol. The van der Waals surface area contributed by atoms with Gasteiger partial charge >= 0.3 is 0 Å². The first-order chi connectivity index (χ1) is 14.0. The maximum Gasteiger partial charge on any atom is 0.230 e. The van der Waals surface area contributed by atoms with E-state index in [1.165, 1.54) is 28.7 Å². The molecule has 7 heteroatoms. The fourth-order valence-electron chi connectivity index (χ4n) is 3.17. The lowest BCUT2D eigenvalue weighted by molar-refractivity contribution is -0.908.